The van der Waals surface area contributed by atoms with Gasteiger partial charge in [0.2, 0.25) is 0 Å². The summed E-state index contributed by atoms with van der Waals surface area (Å²) in [6.45, 7) is -0.913. The zero-order valence-corrected chi connectivity index (χ0v) is 9.14. The van der Waals surface area contributed by atoms with Crippen molar-refractivity contribution in [2.75, 3.05) is 0 Å². The molecule has 0 spiro atoms. The van der Waals surface area contributed by atoms with Crippen LogP contribution < -0.4 is 10.5 Å². The number of halogens is 3. The van der Waals surface area contributed by atoms with Crippen molar-refractivity contribution >= 4 is 12.4 Å². The molecule has 0 aliphatic rings. The first-order chi connectivity index (χ1) is 6.65. The van der Waals surface area contributed by atoms with Crippen LogP contribution in [0.5, 0.6) is 5.75 Å². The molecule has 2 nitrogen and oxygen atoms in total. The molecule has 0 saturated heterocycles. The first-order valence-corrected chi connectivity index (χ1v) is 4.44. The van der Waals surface area contributed by atoms with Crippen LogP contribution in [0.15, 0.2) is 24.3 Å². The highest BCUT2D eigenvalue weighted by Crippen LogP contribution is 2.26. The van der Waals surface area contributed by atoms with Crippen LogP contribution in [0.25, 0.3) is 0 Å². The second-order valence-corrected chi connectivity index (χ2v) is 2.93. The van der Waals surface area contributed by atoms with Gasteiger partial charge in [0.15, 0.2) is 0 Å². The third-order valence-corrected chi connectivity index (χ3v) is 1.97. The van der Waals surface area contributed by atoms with Gasteiger partial charge in [0.25, 0.3) is 0 Å². The van der Waals surface area contributed by atoms with E-state index in [0.29, 0.717) is 12.0 Å². The summed E-state index contributed by atoms with van der Waals surface area (Å²) >= 11 is 0. The summed E-state index contributed by atoms with van der Waals surface area (Å²) < 4.78 is 28.4. The first kappa shape index (κ1) is 14.1. The van der Waals surface area contributed by atoms with Gasteiger partial charge in [-0.3, -0.25) is 0 Å². The van der Waals surface area contributed by atoms with E-state index in [9.17, 15) is 8.78 Å². The normalized spacial score (nSPS) is 12.1. The van der Waals surface area contributed by atoms with Crippen molar-refractivity contribution in [3.63, 3.8) is 0 Å². The van der Waals surface area contributed by atoms with Gasteiger partial charge >= 0.3 is 6.61 Å². The Morgan fingerprint density at radius 2 is 1.93 bits per heavy atom. The third kappa shape index (κ3) is 4.01. The van der Waals surface area contributed by atoms with E-state index < -0.39 is 6.61 Å². The minimum absolute atomic E-state index is 0. The summed E-state index contributed by atoms with van der Waals surface area (Å²) in [7, 11) is 0. The van der Waals surface area contributed by atoms with Crippen LogP contribution in [0.4, 0.5) is 8.78 Å². The fraction of sp³-hybridized carbons (Fsp3) is 0.400. The summed E-state index contributed by atoms with van der Waals surface area (Å²) in [4.78, 5) is 0. The third-order valence-electron chi connectivity index (χ3n) is 1.97. The number of hydrogen-bond acceptors (Lipinski definition) is 2. The molecular formula is C10H14ClF2NO. The Morgan fingerprint density at radius 3 is 2.47 bits per heavy atom. The highest BCUT2D eigenvalue weighted by atomic mass is 35.5. The first-order valence-electron chi connectivity index (χ1n) is 4.44. The Balaban J connectivity index is 0.00000196. The molecule has 0 heterocycles. The molecule has 1 atom stereocenters. The lowest BCUT2D eigenvalue weighted by atomic mass is 10.0. The quantitative estimate of drug-likeness (QED) is 0.873. The Kier molecular flexibility index (Phi) is 6.20. The molecule has 1 aromatic carbocycles. The smallest absolute Gasteiger partial charge is 0.387 e. The van der Waals surface area contributed by atoms with Crippen molar-refractivity contribution in [1.29, 1.82) is 0 Å². The molecule has 15 heavy (non-hydrogen) atoms. The SMILES string of the molecule is CC[C@H](N)c1ccccc1OC(F)F.Cl. The van der Waals surface area contributed by atoms with Gasteiger partial charge < -0.3 is 10.5 Å². The van der Waals surface area contributed by atoms with Crippen molar-refractivity contribution in [2.45, 2.75) is 26.0 Å². The average molecular weight is 238 g/mol. The van der Waals surface area contributed by atoms with E-state index in [2.05, 4.69) is 4.74 Å². The van der Waals surface area contributed by atoms with Crippen LogP contribution in [-0.4, -0.2) is 6.61 Å². The molecule has 0 amide bonds. The molecule has 0 unspecified atom stereocenters. The van der Waals surface area contributed by atoms with Crippen LogP contribution in [-0.2, 0) is 0 Å². The average Bonchev–Trinajstić information content (AvgIpc) is 2.16. The van der Waals surface area contributed by atoms with Crippen molar-refractivity contribution in [2.24, 2.45) is 5.73 Å². The molecule has 0 aliphatic carbocycles. The van der Waals surface area contributed by atoms with Crippen LogP contribution in [0, 0.1) is 0 Å². The maximum absolute atomic E-state index is 12.0. The lowest BCUT2D eigenvalue weighted by Crippen LogP contribution is -2.12. The molecule has 0 saturated carbocycles. The number of alkyl halides is 2. The Labute approximate surface area is 93.8 Å². The van der Waals surface area contributed by atoms with E-state index in [0.717, 1.165) is 0 Å². The second-order valence-electron chi connectivity index (χ2n) is 2.93. The fourth-order valence-corrected chi connectivity index (χ4v) is 1.21. The van der Waals surface area contributed by atoms with Gasteiger partial charge in [-0.15, -0.1) is 12.4 Å². The van der Waals surface area contributed by atoms with Gasteiger partial charge in [-0.2, -0.15) is 8.78 Å². The number of ether oxygens (including phenoxy) is 1. The molecule has 0 radical (unpaired) electrons. The minimum atomic E-state index is -2.81. The van der Waals surface area contributed by atoms with Crippen LogP contribution in [0.3, 0.4) is 0 Å². The van der Waals surface area contributed by atoms with Crippen molar-refractivity contribution in [1.82, 2.24) is 0 Å². The standard InChI is InChI=1S/C10H13F2NO.ClH/c1-2-8(13)7-5-3-4-6-9(7)14-10(11)12;/h3-6,8,10H,2,13H2,1H3;1H/t8-;/m0./s1. The molecule has 1 aromatic rings. The van der Waals surface area contributed by atoms with Crippen molar-refractivity contribution < 1.29 is 13.5 Å². The molecule has 0 aromatic heterocycles. The molecule has 1 rings (SSSR count). The van der Waals surface area contributed by atoms with Crippen molar-refractivity contribution in [3.8, 4) is 5.75 Å². The van der Waals surface area contributed by atoms with Crippen molar-refractivity contribution in [3.05, 3.63) is 29.8 Å². The molecule has 2 N–H and O–H groups in total. The van der Waals surface area contributed by atoms with E-state index in [-0.39, 0.29) is 24.2 Å². The van der Waals surface area contributed by atoms with Crippen LogP contribution in [0.2, 0.25) is 0 Å². The molecular weight excluding hydrogens is 224 g/mol. The number of rotatable bonds is 4. The number of benzene rings is 1. The minimum Gasteiger partial charge on any atom is -0.434 e. The zero-order chi connectivity index (χ0) is 10.6. The van der Waals surface area contributed by atoms with Crippen LogP contribution >= 0.6 is 12.4 Å². The van der Waals surface area contributed by atoms with Gasteiger partial charge in [-0.05, 0) is 12.5 Å². The summed E-state index contributed by atoms with van der Waals surface area (Å²) in [5, 5.41) is 0. The van der Waals surface area contributed by atoms with E-state index in [1.165, 1.54) is 6.07 Å². The highest BCUT2D eigenvalue weighted by molar-refractivity contribution is 5.85. The van der Waals surface area contributed by atoms with Gasteiger partial charge in [-0.1, -0.05) is 25.1 Å². The monoisotopic (exact) mass is 237 g/mol. The zero-order valence-electron chi connectivity index (χ0n) is 8.32. The van der Waals surface area contributed by atoms with Gasteiger partial charge in [0, 0.05) is 11.6 Å². The van der Waals surface area contributed by atoms with Gasteiger partial charge in [0.05, 0.1) is 0 Å². The second kappa shape index (κ2) is 6.58. The summed E-state index contributed by atoms with van der Waals surface area (Å²) in [6, 6.07) is 6.33. The molecule has 0 bridgehead atoms. The number of nitrogens with two attached hydrogens (primary N) is 1. The van der Waals surface area contributed by atoms with E-state index in [1.807, 2.05) is 6.92 Å². The fourth-order valence-electron chi connectivity index (χ4n) is 1.21. The lowest BCUT2D eigenvalue weighted by molar-refractivity contribution is -0.0506. The Morgan fingerprint density at radius 1 is 1.33 bits per heavy atom. The molecule has 0 fully saturated rings. The summed E-state index contributed by atoms with van der Waals surface area (Å²) in [5.41, 5.74) is 6.37. The molecule has 86 valence electrons. The van der Waals surface area contributed by atoms with Gasteiger partial charge in [-0.25, -0.2) is 0 Å². The number of hydrogen-bond donors (Lipinski definition) is 1. The lowest BCUT2D eigenvalue weighted by Gasteiger charge is -2.14. The maximum Gasteiger partial charge on any atom is 0.387 e. The van der Waals surface area contributed by atoms with E-state index in [1.54, 1.807) is 18.2 Å². The topological polar surface area (TPSA) is 35.2 Å². The Bertz CT molecular complexity index is 297. The van der Waals surface area contributed by atoms with E-state index in [4.69, 9.17) is 5.73 Å². The molecule has 0 aliphatic heterocycles. The van der Waals surface area contributed by atoms with E-state index >= 15 is 0 Å². The van der Waals surface area contributed by atoms with Gasteiger partial charge in [0.1, 0.15) is 5.75 Å². The predicted octanol–water partition coefficient (Wildman–Crippen LogP) is 3.12. The Hall–Kier alpha value is -0.870. The highest BCUT2D eigenvalue weighted by Gasteiger charge is 2.12. The largest absolute Gasteiger partial charge is 0.434 e. The number of para-hydroxylation sites is 1. The summed E-state index contributed by atoms with van der Waals surface area (Å²) in [6.07, 6.45) is 0.684. The maximum atomic E-state index is 12.0. The summed E-state index contributed by atoms with van der Waals surface area (Å²) in [5.74, 6) is 0.164. The van der Waals surface area contributed by atoms with Crippen LogP contribution in [0.1, 0.15) is 24.9 Å². The molecule has 5 heteroatoms. The predicted molar refractivity (Wildman–Crippen MR) is 57.5 cm³/mol.